The molecule has 0 aromatic heterocycles. The highest BCUT2D eigenvalue weighted by molar-refractivity contribution is 7.99. The Labute approximate surface area is 207 Å². The van der Waals surface area contributed by atoms with Gasteiger partial charge in [0.2, 0.25) is 5.78 Å². The van der Waals surface area contributed by atoms with Crippen LogP contribution in [0.5, 0.6) is 0 Å². The Morgan fingerprint density at radius 1 is 0.912 bits per heavy atom. The number of aliphatic imine (C=N–C) groups is 1. The number of rotatable bonds is 9. The van der Waals surface area contributed by atoms with E-state index in [4.69, 9.17) is 0 Å². The zero-order valence-corrected chi connectivity index (χ0v) is 21.4. The smallest absolute Gasteiger partial charge is 0.227 e. The highest BCUT2D eigenvalue weighted by Crippen LogP contribution is 2.29. The number of benzene rings is 3. The van der Waals surface area contributed by atoms with Crippen LogP contribution < -0.4 is 0 Å². The lowest BCUT2D eigenvalue weighted by Crippen LogP contribution is -2.05. The predicted molar refractivity (Wildman–Crippen MR) is 144 cm³/mol. The Kier molecular flexibility index (Phi) is 8.89. The third kappa shape index (κ3) is 6.48. The number of aliphatic hydroxyl groups excluding tert-OH is 1. The van der Waals surface area contributed by atoms with Gasteiger partial charge in [0.05, 0.1) is 0 Å². The predicted octanol–water partition coefficient (Wildman–Crippen LogP) is 8.17. The van der Waals surface area contributed by atoms with Crippen molar-refractivity contribution in [2.75, 3.05) is 7.05 Å². The van der Waals surface area contributed by atoms with Crippen LogP contribution in [0.1, 0.15) is 60.7 Å². The van der Waals surface area contributed by atoms with Crippen molar-refractivity contribution in [3.8, 4) is 0 Å². The molecule has 3 aromatic carbocycles. The van der Waals surface area contributed by atoms with Crippen molar-refractivity contribution in [3.63, 3.8) is 0 Å². The maximum Gasteiger partial charge on any atom is 0.227 e. The van der Waals surface area contributed by atoms with Gasteiger partial charge >= 0.3 is 0 Å². The van der Waals surface area contributed by atoms with Crippen molar-refractivity contribution in [2.24, 2.45) is 10.9 Å². The lowest BCUT2D eigenvalue weighted by molar-refractivity contribution is 0.0979. The van der Waals surface area contributed by atoms with Gasteiger partial charge in [0.15, 0.2) is 5.76 Å². The summed E-state index contributed by atoms with van der Waals surface area (Å²) in [4.78, 5) is 19.5. The molecule has 0 aliphatic heterocycles. The minimum atomic E-state index is -0.366. The molecule has 176 valence electrons. The van der Waals surface area contributed by atoms with Crippen molar-refractivity contribution in [2.45, 2.75) is 50.3 Å². The van der Waals surface area contributed by atoms with E-state index in [0.29, 0.717) is 17.1 Å². The van der Waals surface area contributed by atoms with Crippen LogP contribution in [0.25, 0.3) is 5.57 Å². The standard InChI is InChI=1S/C30H33NO2S/c1-20(2)10-19-28(31-5)23-11-15-25(16-12-23)34-26-17-13-24(14-18-26)30(33)29(32)22(4)27-9-7-6-8-21(27)3/h6-9,11-18,20,32H,10,19H2,1-5H3/b29-22-,31-28?. The van der Waals surface area contributed by atoms with E-state index in [1.54, 1.807) is 30.8 Å². The number of hydrogen-bond acceptors (Lipinski definition) is 4. The summed E-state index contributed by atoms with van der Waals surface area (Å²) in [5.74, 6) is 0.0794. The molecule has 0 amide bonds. The van der Waals surface area contributed by atoms with Crippen LogP contribution in [-0.4, -0.2) is 23.6 Å². The van der Waals surface area contributed by atoms with Crippen LogP contribution in [0.4, 0.5) is 0 Å². The number of aryl methyl sites for hydroxylation is 1. The topological polar surface area (TPSA) is 49.7 Å². The molecule has 0 radical (unpaired) electrons. The average Bonchev–Trinajstić information content (AvgIpc) is 2.84. The molecule has 3 rings (SSSR count). The lowest BCUT2D eigenvalue weighted by Gasteiger charge is -2.10. The first-order chi connectivity index (χ1) is 16.3. The van der Waals surface area contributed by atoms with E-state index in [1.165, 1.54) is 5.56 Å². The molecule has 0 saturated carbocycles. The quantitative estimate of drug-likeness (QED) is 0.148. The summed E-state index contributed by atoms with van der Waals surface area (Å²) in [5, 5.41) is 10.6. The fourth-order valence-electron chi connectivity index (χ4n) is 3.76. The first-order valence-corrected chi connectivity index (χ1v) is 12.5. The molecular formula is C30H33NO2S. The van der Waals surface area contributed by atoms with Crippen molar-refractivity contribution >= 4 is 28.8 Å². The van der Waals surface area contributed by atoms with E-state index in [0.717, 1.165) is 39.5 Å². The van der Waals surface area contributed by atoms with Gasteiger partial charge in [0.1, 0.15) is 0 Å². The fourth-order valence-corrected chi connectivity index (χ4v) is 4.58. The first kappa shape index (κ1) is 25.5. The number of ketones is 1. The zero-order valence-electron chi connectivity index (χ0n) is 20.6. The molecule has 3 nitrogen and oxygen atoms in total. The molecule has 0 saturated heterocycles. The molecule has 4 heteroatoms. The lowest BCUT2D eigenvalue weighted by atomic mass is 9.98. The second-order valence-corrected chi connectivity index (χ2v) is 10.0. The van der Waals surface area contributed by atoms with E-state index >= 15 is 0 Å². The van der Waals surface area contributed by atoms with Gasteiger partial charge in [-0.05, 0) is 85.7 Å². The molecule has 34 heavy (non-hydrogen) atoms. The number of Topliss-reactive ketones (excluding diaryl/α,β-unsaturated/α-hetero) is 1. The van der Waals surface area contributed by atoms with Crippen LogP contribution in [0.2, 0.25) is 0 Å². The van der Waals surface area contributed by atoms with Gasteiger partial charge in [0, 0.05) is 33.7 Å². The summed E-state index contributed by atoms with van der Waals surface area (Å²) >= 11 is 1.64. The number of carbonyl (C=O) groups is 1. The molecule has 0 aliphatic carbocycles. The summed E-state index contributed by atoms with van der Waals surface area (Å²) in [7, 11) is 1.86. The highest BCUT2D eigenvalue weighted by Gasteiger charge is 2.16. The fraction of sp³-hybridized carbons (Fsp3) is 0.267. The third-order valence-electron chi connectivity index (χ3n) is 5.89. The number of nitrogens with zero attached hydrogens (tertiary/aromatic N) is 1. The van der Waals surface area contributed by atoms with Crippen molar-refractivity contribution < 1.29 is 9.90 Å². The van der Waals surface area contributed by atoms with Crippen molar-refractivity contribution in [3.05, 3.63) is 101 Å². The van der Waals surface area contributed by atoms with Gasteiger partial charge in [-0.3, -0.25) is 9.79 Å². The number of hydrogen-bond donors (Lipinski definition) is 1. The Balaban J connectivity index is 1.69. The molecule has 0 atom stereocenters. The summed E-state index contributed by atoms with van der Waals surface area (Å²) in [6.07, 6.45) is 2.12. The SMILES string of the molecule is CN=C(CCC(C)C)c1ccc(Sc2ccc(C(=O)/C(O)=C(\C)c3ccccc3C)cc2)cc1. The largest absolute Gasteiger partial charge is 0.504 e. The van der Waals surface area contributed by atoms with Crippen LogP contribution >= 0.6 is 11.8 Å². The van der Waals surface area contributed by atoms with E-state index in [1.807, 2.05) is 50.4 Å². The maximum absolute atomic E-state index is 12.8. The van der Waals surface area contributed by atoms with Crippen molar-refractivity contribution in [1.82, 2.24) is 0 Å². The van der Waals surface area contributed by atoms with Gasteiger partial charge < -0.3 is 5.11 Å². The van der Waals surface area contributed by atoms with E-state index in [-0.39, 0.29) is 11.5 Å². The number of aliphatic hydroxyl groups is 1. The van der Waals surface area contributed by atoms with Gasteiger partial charge in [-0.25, -0.2) is 0 Å². The minimum absolute atomic E-state index is 0.212. The monoisotopic (exact) mass is 471 g/mol. The zero-order chi connectivity index (χ0) is 24.7. The molecule has 0 spiro atoms. The van der Waals surface area contributed by atoms with Gasteiger partial charge in [0.25, 0.3) is 0 Å². The van der Waals surface area contributed by atoms with Gasteiger partial charge in [-0.15, -0.1) is 0 Å². The summed E-state index contributed by atoms with van der Waals surface area (Å²) in [6, 6.07) is 23.6. The Morgan fingerprint density at radius 2 is 1.47 bits per heavy atom. The van der Waals surface area contributed by atoms with E-state index in [9.17, 15) is 9.90 Å². The Morgan fingerprint density at radius 3 is 2.00 bits per heavy atom. The van der Waals surface area contributed by atoms with E-state index < -0.39 is 0 Å². The molecule has 0 bridgehead atoms. The molecular weight excluding hydrogens is 438 g/mol. The van der Waals surface area contributed by atoms with Crippen molar-refractivity contribution in [1.29, 1.82) is 0 Å². The summed E-state index contributed by atoms with van der Waals surface area (Å²) in [6.45, 7) is 8.21. The molecule has 0 fully saturated rings. The minimum Gasteiger partial charge on any atom is -0.504 e. The average molecular weight is 472 g/mol. The molecule has 1 N–H and O–H groups in total. The van der Waals surface area contributed by atoms with Gasteiger partial charge in [-0.1, -0.05) is 62.0 Å². The second kappa shape index (κ2) is 11.8. The molecule has 0 heterocycles. The number of allylic oxidation sites excluding steroid dienone is 2. The Bertz CT molecular complexity index is 1190. The van der Waals surface area contributed by atoms with Crippen LogP contribution in [-0.2, 0) is 0 Å². The summed E-state index contributed by atoms with van der Waals surface area (Å²) < 4.78 is 0. The second-order valence-electron chi connectivity index (χ2n) is 8.87. The van der Waals surface area contributed by atoms with Gasteiger partial charge in [-0.2, -0.15) is 0 Å². The number of carbonyl (C=O) groups excluding carboxylic acids is 1. The third-order valence-corrected chi connectivity index (χ3v) is 6.90. The molecule has 3 aromatic rings. The summed E-state index contributed by atoms with van der Waals surface area (Å²) in [5.41, 5.74) is 5.27. The first-order valence-electron chi connectivity index (χ1n) is 11.6. The Hall–Kier alpha value is -3.11. The van der Waals surface area contributed by atoms with Crippen LogP contribution in [0.3, 0.4) is 0 Å². The molecule has 0 aliphatic rings. The van der Waals surface area contributed by atoms with Crippen LogP contribution in [0, 0.1) is 12.8 Å². The van der Waals surface area contributed by atoms with Crippen LogP contribution in [0.15, 0.2) is 93.3 Å². The normalized spacial score (nSPS) is 12.6. The molecule has 0 unspecified atom stereocenters. The highest BCUT2D eigenvalue weighted by atomic mass is 32.2. The van der Waals surface area contributed by atoms with E-state index in [2.05, 4.69) is 43.1 Å². The maximum atomic E-state index is 12.8.